The van der Waals surface area contributed by atoms with Gasteiger partial charge >= 0.3 is 0 Å². The van der Waals surface area contributed by atoms with Gasteiger partial charge in [-0.25, -0.2) is 0 Å². The standard InChI is InChI=1S/C12H15ClO/c1-2-3-9-11(12(13)14)10-7-5-4-6-8-10/h4-8,11H,2-3,9H2,1H3. The average Bonchev–Trinajstić information content (AvgIpc) is 2.19. The van der Waals surface area contributed by atoms with Crippen LogP contribution in [0.5, 0.6) is 0 Å². The summed E-state index contributed by atoms with van der Waals surface area (Å²) < 4.78 is 0. The Kier molecular flexibility index (Phi) is 4.68. The number of carbonyl (C=O) groups is 1. The second kappa shape index (κ2) is 5.82. The summed E-state index contributed by atoms with van der Waals surface area (Å²) >= 11 is 5.58. The van der Waals surface area contributed by atoms with Gasteiger partial charge in [0.05, 0.1) is 5.92 Å². The largest absolute Gasteiger partial charge is 0.281 e. The van der Waals surface area contributed by atoms with E-state index in [-0.39, 0.29) is 11.2 Å². The predicted octanol–water partition coefficient (Wildman–Crippen LogP) is 3.73. The highest BCUT2D eigenvalue weighted by Gasteiger charge is 2.17. The molecule has 14 heavy (non-hydrogen) atoms. The molecule has 0 fully saturated rings. The molecule has 1 aromatic carbocycles. The summed E-state index contributed by atoms with van der Waals surface area (Å²) in [6.45, 7) is 2.11. The van der Waals surface area contributed by atoms with E-state index in [0.717, 1.165) is 24.8 Å². The highest BCUT2D eigenvalue weighted by Crippen LogP contribution is 2.24. The average molecular weight is 211 g/mol. The number of hydrogen-bond donors (Lipinski definition) is 0. The van der Waals surface area contributed by atoms with E-state index < -0.39 is 0 Å². The van der Waals surface area contributed by atoms with Crippen molar-refractivity contribution in [2.75, 3.05) is 0 Å². The number of benzene rings is 1. The van der Waals surface area contributed by atoms with Crippen LogP contribution in [0.3, 0.4) is 0 Å². The molecular formula is C12H15ClO. The smallest absolute Gasteiger partial charge is 0.229 e. The highest BCUT2D eigenvalue weighted by molar-refractivity contribution is 6.64. The molecule has 0 bridgehead atoms. The first kappa shape index (κ1) is 11.3. The third-order valence-electron chi connectivity index (χ3n) is 2.32. The van der Waals surface area contributed by atoms with Crippen molar-refractivity contribution in [1.29, 1.82) is 0 Å². The molecule has 1 aromatic rings. The van der Waals surface area contributed by atoms with Crippen LogP contribution in [0.4, 0.5) is 0 Å². The highest BCUT2D eigenvalue weighted by atomic mass is 35.5. The van der Waals surface area contributed by atoms with Gasteiger partial charge in [0.1, 0.15) is 0 Å². The van der Waals surface area contributed by atoms with Gasteiger partial charge in [0.25, 0.3) is 0 Å². The van der Waals surface area contributed by atoms with Gasteiger partial charge < -0.3 is 0 Å². The van der Waals surface area contributed by atoms with Crippen LogP contribution in [0.25, 0.3) is 0 Å². The fourth-order valence-electron chi connectivity index (χ4n) is 1.50. The van der Waals surface area contributed by atoms with Crippen molar-refractivity contribution in [1.82, 2.24) is 0 Å². The molecule has 0 aliphatic heterocycles. The third kappa shape index (κ3) is 3.15. The second-order valence-electron chi connectivity index (χ2n) is 3.41. The van der Waals surface area contributed by atoms with Crippen LogP contribution >= 0.6 is 11.6 Å². The summed E-state index contributed by atoms with van der Waals surface area (Å²) in [7, 11) is 0. The van der Waals surface area contributed by atoms with Gasteiger partial charge in [0.15, 0.2) is 0 Å². The summed E-state index contributed by atoms with van der Waals surface area (Å²) in [4.78, 5) is 11.2. The van der Waals surface area contributed by atoms with Gasteiger partial charge in [-0.05, 0) is 23.6 Å². The maximum absolute atomic E-state index is 11.2. The van der Waals surface area contributed by atoms with Crippen molar-refractivity contribution in [2.45, 2.75) is 32.1 Å². The van der Waals surface area contributed by atoms with Crippen molar-refractivity contribution in [2.24, 2.45) is 0 Å². The van der Waals surface area contributed by atoms with Crippen LogP contribution in [0, 0.1) is 0 Å². The molecule has 0 aromatic heterocycles. The van der Waals surface area contributed by atoms with Gasteiger partial charge in [-0.1, -0.05) is 50.1 Å². The van der Waals surface area contributed by atoms with Crippen LogP contribution in [0.2, 0.25) is 0 Å². The zero-order chi connectivity index (χ0) is 10.4. The van der Waals surface area contributed by atoms with Gasteiger partial charge in [-0.2, -0.15) is 0 Å². The van der Waals surface area contributed by atoms with E-state index in [9.17, 15) is 4.79 Å². The Hall–Kier alpha value is -0.820. The SMILES string of the molecule is CCCCC(C(=O)Cl)c1ccccc1. The molecule has 1 rings (SSSR count). The third-order valence-corrected chi connectivity index (χ3v) is 2.59. The fraction of sp³-hybridized carbons (Fsp3) is 0.417. The van der Waals surface area contributed by atoms with Gasteiger partial charge in [0, 0.05) is 0 Å². The minimum Gasteiger partial charge on any atom is -0.281 e. The topological polar surface area (TPSA) is 17.1 Å². The lowest BCUT2D eigenvalue weighted by Gasteiger charge is -2.11. The molecule has 1 nitrogen and oxygen atoms in total. The van der Waals surface area contributed by atoms with E-state index in [0.29, 0.717) is 0 Å². The predicted molar refractivity (Wildman–Crippen MR) is 59.6 cm³/mol. The summed E-state index contributed by atoms with van der Waals surface area (Å²) in [5.74, 6) is -0.127. The lowest BCUT2D eigenvalue weighted by molar-refractivity contribution is -0.113. The van der Waals surface area contributed by atoms with Crippen molar-refractivity contribution in [3.8, 4) is 0 Å². The lowest BCUT2D eigenvalue weighted by atomic mass is 9.95. The Morgan fingerprint density at radius 3 is 2.50 bits per heavy atom. The molecule has 0 heterocycles. The fourth-order valence-corrected chi connectivity index (χ4v) is 1.74. The van der Waals surface area contributed by atoms with Crippen LogP contribution < -0.4 is 0 Å². The van der Waals surface area contributed by atoms with E-state index in [4.69, 9.17) is 11.6 Å². The van der Waals surface area contributed by atoms with E-state index in [1.807, 2.05) is 30.3 Å². The molecule has 0 radical (unpaired) electrons. The van der Waals surface area contributed by atoms with Crippen LogP contribution in [-0.2, 0) is 4.79 Å². The summed E-state index contributed by atoms with van der Waals surface area (Å²) in [5.41, 5.74) is 1.03. The van der Waals surface area contributed by atoms with Gasteiger partial charge in [-0.15, -0.1) is 0 Å². The number of carbonyl (C=O) groups excluding carboxylic acids is 1. The molecule has 0 aliphatic carbocycles. The number of halogens is 1. The van der Waals surface area contributed by atoms with E-state index in [2.05, 4.69) is 6.92 Å². The molecule has 2 heteroatoms. The quantitative estimate of drug-likeness (QED) is 0.677. The number of rotatable bonds is 5. The first-order chi connectivity index (χ1) is 6.75. The molecule has 0 saturated carbocycles. The Balaban J connectivity index is 2.73. The minimum absolute atomic E-state index is 0.127. The molecule has 0 amide bonds. The first-order valence-corrected chi connectivity index (χ1v) is 5.37. The zero-order valence-electron chi connectivity index (χ0n) is 8.37. The van der Waals surface area contributed by atoms with E-state index >= 15 is 0 Å². The van der Waals surface area contributed by atoms with Gasteiger partial charge in [0.2, 0.25) is 5.24 Å². The second-order valence-corrected chi connectivity index (χ2v) is 3.78. The number of unbranched alkanes of at least 4 members (excludes halogenated alkanes) is 1. The monoisotopic (exact) mass is 210 g/mol. The Morgan fingerprint density at radius 2 is 2.00 bits per heavy atom. The van der Waals surface area contributed by atoms with E-state index in [1.165, 1.54) is 0 Å². The molecule has 0 aliphatic rings. The summed E-state index contributed by atoms with van der Waals surface area (Å²) in [6, 6.07) is 9.74. The van der Waals surface area contributed by atoms with Crippen molar-refractivity contribution in [3.63, 3.8) is 0 Å². The normalized spacial score (nSPS) is 12.4. The summed E-state index contributed by atoms with van der Waals surface area (Å²) in [5, 5.41) is -0.246. The Morgan fingerprint density at radius 1 is 1.36 bits per heavy atom. The molecule has 0 saturated heterocycles. The first-order valence-electron chi connectivity index (χ1n) is 5.00. The zero-order valence-corrected chi connectivity index (χ0v) is 9.13. The molecule has 1 atom stereocenters. The van der Waals surface area contributed by atoms with Gasteiger partial charge in [-0.3, -0.25) is 4.79 Å². The van der Waals surface area contributed by atoms with Crippen molar-refractivity contribution >= 4 is 16.8 Å². The molecule has 0 N–H and O–H groups in total. The maximum Gasteiger partial charge on any atom is 0.229 e. The lowest BCUT2D eigenvalue weighted by Crippen LogP contribution is -2.06. The molecule has 76 valence electrons. The Labute approximate surface area is 90.1 Å². The minimum atomic E-state index is -0.246. The molecular weight excluding hydrogens is 196 g/mol. The maximum atomic E-state index is 11.2. The van der Waals surface area contributed by atoms with Crippen molar-refractivity contribution in [3.05, 3.63) is 35.9 Å². The number of hydrogen-bond acceptors (Lipinski definition) is 1. The summed E-state index contributed by atoms with van der Waals surface area (Å²) in [6.07, 6.45) is 2.98. The molecule has 1 unspecified atom stereocenters. The molecule has 0 spiro atoms. The van der Waals surface area contributed by atoms with Crippen molar-refractivity contribution < 1.29 is 4.79 Å². The van der Waals surface area contributed by atoms with Crippen LogP contribution in [0.1, 0.15) is 37.7 Å². The van der Waals surface area contributed by atoms with Crippen LogP contribution in [0.15, 0.2) is 30.3 Å². The van der Waals surface area contributed by atoms with E-state index in [1.54, 1.807) is 0 Å². The Bertz CT molecular complexity index is 282. The van der Waals surface area contributed by atoms with Crippen LogP contribution in [-0.4, -0.2) is 5.24 Å².